The van der Waals surface area contributed by atoms with E-state index < -0.39 is 0 Å². The summed E-state index contributed by atoms with van der Waals surface area (Å²) >= 11 is 0. The third kappa shape index (κ3) is 4.08. The smallest absolute Gasteiger partial charge is 0.0848 e. The third-order valence-corrected chi connectivity index (χ3v) is 1.93. The Morgan fingerprint density at radius 1 is 1.29 bits per heavy atom. The molecule has 14 heavy (non-hydrogen) atoms. The van der Waals surface area contributed by atoms with Crippen molar-refractivity contribution in [3.8, 4) is 0 Å². The lowest BCUT2D eigenvalue weighted by atomic mass is 10.1. The molecule has 0 saturated carbocycles. The van der Waals surface area contributed by atoms with E-state index in [1.165, 1.54) is 5.56 Å². The van der Waals surface area contributed by atoms with Crippen molar-refractivity contribution in [1.82, 2.24) is 4.90 Å². The molecule has 0 amide bonds. The molecule has 1 rings (SSSR count). The molecule has 0 fully saturated rings. The van der Waals surface area contributed by atoms with E-state index in [1.807, 2.05) is 31.4 Å². The van der Waals surface area contributed by atoms with Crippen LogP contribution >= 0.6 is 0 Å². The van der Waals surface area contributed by atoms with E-state index in [1.54, 1.807) is 0 Å². The van der Waals surface area contributed by atoms with Gasteiger partial charge in [0.2, 0.25) is 0 Å². The van der Waals surface area contributed by atoms with Gasteiger partial charge in [-0.15, -0.1) is 0 Å². The minimum Gasteiger partial charge on any atom is -0.369 e. The van der Waals surface area contributed by atoms with Gasteiger partial charge in [0.15, 0.2) is 0 Å². The lowest BCUT2D eigenvalue weighted by molar-refractivity contribution is 0.625. The van der Waals surface area contributed by atoms with Crippen LogP contribution in [0.3, 0.4) is 0 Å². The Morgan fingerprint density at radius 2 is 1.93 bits per heavy atom. The van der Waals surface area contributed by atoms with Crippen molar-refractivity contribution in [1.29, 1.82) is 0 Å². The maximum Gasteiger partial charge on any atom is 0.0848 e. The average Bonchev–Trinajstić information content (AvgIpc) is 2.16. The summed E-state index contributed by atoms with van der Waals surface area (Å²) in [6.07, 6.45) is 2.87. The van der Waals surface area contributed by atoms with E-state index >= 15 is 0 Å². The highest BCUT2D eigenvalue weighted by Gasteiger charge is 1.99. The first-order valence-corrected chi connectivity index (χ1v) is 4.92. The van der Waals surface area contributed by atoms with Gasteiger partial charge in [-0.2, -0.15) is 0 Å². The van der Waals surface area contributed by atoms with E-state index in [4.69, 9.17) is 0 Å². The first kappa shape index (κ1) is 10.8. The summed E-state index contributed by atoms with van der Waals surface area (Å²) < 4.78 is 0. The average molecular weight is 190 g/mol. The Labute approximate surface area is 86.3 Å². The molecule has 0 radical (unpaired) electrons. The van der Waals surface area contributed by atoms with Crippen molar-refractivity contribution in [2.24, 2.45) is 4.99 Å². The summed E-state index contributed by atoms with van der Waals surface area (Å²) in [5, 5.41) is 0. The van der Waals surface area contributed by atoms with Gasteiger partial charge in [-0.05, 0) is 18.9 Å². The Bertz CT molecular complexity index is 278. The largest absolute Gasteiger partial charge is 0.369 e. The molecular weight excluding hydrogens is 172 g/mol. The summed E-state index contributed by atoms with van der Waals surface area (Å²) in [5.74, 6) is 0. The molecule has 0 aromatic heterocycles. The molecule has 2 nitrogen and oxygen atoms in total. The van der Waals surface area contributed by atoms with E-state index in [2.05, 4.69) is 36.2 Å². The van der Waals surface area contributed by atoms with Crippen LogP contribution in [-0.4, -0.2) is 31.4 Å². The highest BCUT2D eigenvalue weighted by molar-refractivity contribution is 5.54. The molecule has 0 aliphatic rings. The van der Waals surface area contributed by atoms with Crippen LogP contribution in [0, 0.1) is 0 Å². The van der Waals surface area contributed by atoms with Crippen molar-refractivity contribution in [2.45, 2.75) is 19.4 Å². The van der Waals surface area contributed by atoms with Gasteiger partial charge < -0.3 is 4.90 Å². The molecule has 0 heterocycles. The first-order chi connectivity index (χ1) is 6.68. The van der Waals surface area contributed by atoms with Crippen LogP contribution in [0.4, 0.5) is 0 Å². The highest BCUT2D eigenvalue weighted by atomic mass is 15.1. The number of nitrogens with zero attached hydrogens (tertiary/aromatic N) is 2. The molecular formula is C12H18N2. The van der Waals surface area contributed by atoms with Gasteiger partial charge >= 0.3 is 0 Å². The Hall–Kier alpha value is -1.31. The molecule has 0 spiro atoms. The molecule has 0 N–H and O–H groups in total. The Balaban J connectivity index is 2.45. The van der Waals surface area contributed by atoms with Crippen LogP contribution in [0.25, 0.3) is 0 Å². The minimum absolute atomic E-state index is 0.347. The van der Waals surface area contributed by atoms with Gasteiger partial charge in [-0.3, -0.25) is 4.99 Å². The molecule has 1 aromatic rings. The highest BCUT2D eigenvalue weighted by Crippen LogP contribution is 2.04. The zero-order valence-corrected chi connectivity index (χ0v) is 9.14. The number of aliphatic imine (C=N–C) groups is 1. The second-order valence-corrected chi connectivity index (χ2v) is 3.77. The van der Waals surface area contributed by atoms with Crippen LogP contribution in [0.5, 0.6) is 0 Å². The number of hydrogen-bond donors (Lipinski definition) is 0. The van der Waals surface area contributed by atoms with E-state index in [-0.39, 0.29) is 0 Å². The van der Waals surface area contributed by atoms with Gasteiger partial charge in [0.05, 0.1) is 12.4 Å². The fourth-order valence-corrected chi connectivity index (χ4v) is 1.26. The van der Waals surface area contributed by atoms with Crippen molar-refractivity contribution >= 4 is 6.34 Å². The topological polar surface area (TPSA) is 15.6 Å². The molecule has 0 aliphatic carbocycles. The lowest BCUT2D eigenvalue weighted by Crippen LogP contribution is -2.11. The molecule has 76 valence electrons. The van der Waals surface area contributed by atoms with Crippen molar-refractivity contribution in [3.63, 3.8) is 0 Å². The second-order valence-electron chi connectivity index (χ2n) is 3.77. The van der Waals surface area contributed by atoms with E-state index in [9.17, 15) is 0 Å². The Morgan fingerprint density at radius 3 is 2.50 bits per heavy atom. The van der Waals surface area contributed by atoms with Gasteiger partial charge in [0.1, 0.15) is 0 Å². The summed E-state index contributed by atoms with van der Waals surface area (Å²) in [4.78, 5) is 6.38. The fourth-order valence-electron chi connectivity index (χ4n) is 1.26. The first-order valence-electron chi connectivity index (χ1n) is 4.92. The van der Waals surface area contributed by atoms with Crippen LogP contribution in [0.1, 0.15) is 12.5 Å². The van der Waals surface area contributed by atoms with Gasteiger partial charge in [-0.1, -0.05) is 30.3 Å². The molecule has 1 aromatic carbocycles. The maximum atomic E-state index is 4.42. The normalized spacial score (nSPS) is 13.1. The van der Waals surface area contributed by atoms with Gasteiger partial charge in [-0.25, -0.2) is 0 Å². The predicted molar refractivity (Wildman–Crippen MR) is 61.8 cm³/mol. The zero-order chi connectivity index (χ0) is 10.4. The third-order valence-electron chi connectivity index (χ3n) is 1.93. The number of hydrogen-bond acceptors (Lipinski definition) is 1. The summed E-state index contributed by atoms with van der Waals surface area (Å²) in [7, 11) is 3.97. The minimum atomic E-state index is 0.347. The Kier molecular flexibility index (Phi) is 4.17. The van der Waals surface area contributed by atoms with Gasteiger partial charge in [0, 0.05) is 14.1 Å². The molecule has 1 unspecified atom stereocenters. The number of benzene rings is 1. The summed E-state index contributed by atoms with van der Waals surface area (Å²) in [6, 6.07) is 10.8. The standard InChI is InChI=1S/C12H18N2/c1-11(13-10-14(2)3)9-12-7-5-4-6-8-12/h4-8,10-11H,9H2,1-3H3. The number of rotatable bonds is 4. The molecule has 1 atom stereocenters. The SMILES string of the molecule is CC(Cc1ccccc1)N=CN(C)C. The van der Waals surface area contributed by atoms with Crippen molar-refractivity contribution in [3.05, 3.63) is 35.9 Å². The van der Waals surface area contributed by atoms with Crippen LogP contribution in [0.2, 0.25) is 0 Å². The van der Waals surface area contributed by atoms with Crippen molar-refractivity contribution < 1.29 is 0 Å². The lowest BCUT2D eigenvalue weighted by Gasteiger charge is -2.08. The molecule has 2 heteroatoms. The van der Waals surface area contributed by atoms with Crippen LogP contribution < -0.4 is 0 Å². The quantitative estimate of drug-likeness (QED) is 0.525. The van der Waals surface area contributed by atoms with Gasteiger partial charge in [0.25, 0.3) is 0 Å². The molecule has 0 aliphatic heterocycles. The zero-order valence-electron chi connectivity index (χ0n) is 9.14. The maximum absolute atomic E-state index is 4.42. The van der Waals surface area contributed by atoms with Crippen LogP contribution in [0.15, 0.2) is 35.3 Å². The monoisotopic (exact) mass is 190 g/mol. The fraction of sp³-hybridized carbons (Fsp3) is 0.417. The summed E-state index contributed by atoms with van der Waals surface area (Å²) in [5.41, 5.74) is 1.34. The van der Waals surface area contributed by atoms with Crippen molar-refractivity contribution in [2.75, 3.05) is 14.1 Å². The molecule has 0 bridgehead atoms. The van der Waals surface area contributed by atoms with E-state index in [0.29, 0.717) is 6.04 Å². The van der Waals surface area contributed by atoms with E-state index in [0.717, 1.165) is 6.42 Å². The van der Waals surface area contributed by atoms with Crippen LogP contribution in [-0.2, 0) is 6.42 Å². The predicted octanol–water partition coefficient (Wildman–Crippen LogP) is 2.21. The second kappa shape index (κ2) is 5.43. The molecule has 0 saturated heterocycles. The summed E-state index contributed by atoms with van der Waals surface area (Å²) in [6.45, 7) is 2.13.